The van der Waals surface area contributed by atoms with E-state index in [0.717, 1.165) is 9.87 Å². The maximum Gasteiger partial charge on any atom is 0.227 e. The first-order valence-electron chi connectivity index (χ1n) is 4.61. The van der Waals surface area contributed by atoms with E-state index >= 15 is 0 Å². The molecule has 1 aromatic carbocycles. The third-order valence-corrected chi connectivity index (χ3v) is 3.68. The van der Waals surface area contributed by atoms with Crippen molar-refractivity contribution < 1.29 is 8.42 Å². The lowest BCUT2D eigenvalue weighted by Gasteiger charge is -2.15. The predicted molar refractivity (Wildman–Crippen MR) is 61.7 cm³/mol. The Morgan fingerprint density at radius 1 is 1.38 bits per heavy atom. The summed E-state index contributed by atoms with van der Waals surface area (Å²) in [6.07, 6.45) is 0. The number of nitrogen functional groups attached to an aromatic ring is 1. The van der Waals surface area contributed by atoms with E-state index in [9.17, 15) is 8.42 Å². The SMILES string of the molecule is CN(Cc1ccc(N)cc1)S(=O)(=O)CC#N. The lowest BCUT2D eigenvalue weighted by molar-refractivity contribution is 0.470. The molecule has 0 aromatic heterocycles. The van der Waals surface area contributed by atoms with Crippen molar-refractivity contribution in [2.24, 2.45) is 0 Å². The van der Waals surface area contributed by atoms with E-state index in [0.29, 0.717) is 5.69 Å². The molecule has 0 saturated carbocycles. The van der Waals surface area contributed by atoms with Gasteiger partial charge < -0.3 is 5.73 Å². The average Bonchev–Trinajstić information content (AvgIpc) is 2.21. The highest BCUT2D eigenvalue weighted by molar-refractivity contribution is 7.89. The first-order chi connectivity index (χ1) is 7.45. The monoisotopic (exact) mass is 239 g/mol. The summed E-state index contributed by atoms with van der Waals surface area (Å²) in [6, 6.07) is 8.57. The largest absolute Gasteiger partial charge is 0.399 e. The Balaban J connectivity index is 2.76. The summed E-state index contributed by atoms with van der Waals surface area (Å²) in [6.45, 7) is 0.240. The van der Waals surface area contributed by atoms with Crippen molar-refractivity contribution in [1.29, 1.82) is 5.26 Å². The molecule has 1 aromatic rings. The fraction of sp³-hybridized carbons (Fsp3) is 0.300. The van der Waals surface area contributed by atoms with Crippen LogP contribution in [0.1, 0.15) is 5.56 Å². The minimum atomic E-state index is -3.48. The summed E-state index contributed by atoms with van der Waals surface area (Å²) in [5.74, 6) is -0.502. The minimum absolute atomic E-state index is 0.240. The summed E-state index contributed by atoms with van der Waals surface area (Å²) < 4.78 is 24.1. The molecule has 5 nitrogen and oxygen atoms in total. The first-order valence-corrected chi connectivity index (χ1v) is 6.22. The van der Waals surface area contributed by atoms with Crippen molar-refractivity contribution in [3.05, 3.63) is 29.8 Å². The molecule has 0 saturated heterocycles. The Hall–Kier alpha value is -1.58. The van der Waals surface area contributed by atoms with Crippen molar-refractivity contribution in [1.82, 2.24) is 4.31 Å². The zero-order chi connectivity index (χ0) is 12.2. The third kappa shape index (κ3) is 3.22. The van der Waals surface area contributed by atoms with Gasteiger partial charge in [0.2, 0.25) is 10.0 Å². The molecule has 0 spiro atoms. The molecule has 0 radical (unpaired) electrons. The zero-order valence-corrected chi connectivity index (χ0v) is 9.74. The van der Waals surface area contributed by atoms with Gasteiger partial charge in [-0.15, -0.1) is 0 Å². The van der Waals surface area contributed by atoms with Gasteiger partial charge in [0.15, 0.2) is 5.75 Å². The number of anilines is 1. The molecule has 0 bridgehead atoms. The number of nitriles is 1. The van der Waals surface area contributed by atoms with Gasteiger partial charge in [0.25, 0.3) is 0 Å². The number of benzene rings is 1. The number of sulfonamides is 1. The van der Waals surface area contributed by atoms with E-state index in [1.807, 2.05) is 0 Å². The second kappa shape index (κ2) is 4.96. The lowest BCUT2D eigenvalue weighted by atomic mass is 10.2. The van der Waals surface area contributed by atoms with E-state index in [1.165, 1.54) is 7.05 Å². The van der Waals surface area contributed by atoms with Crippen molar-refractivity contribution in [2.45, 2.75) is 6.54 Å². The van der Waals surface area contributed by atoms with E-state index < -0.39 is 15.8 Å². The number of hydrogen-bond donors (Lipinski definition) is 1. The normalized spacial score (nSPS) is 11.3. The van der Waals surface area contributed by atoms with Gasteiger partial charge in [-0.2, -0.15) is 9.57 Å². The third-order valence-electron chi connectivity index (χ3n) is 2.11. The molecular weight excluding hydrogens is 226 g/mol. The molecule has 0 atom stereocenters. The van der Waals surface area contributed by atoms with Gasteiger partial charge in [0.05, 0.1) is 6.07 Å². The van der Waals surface area contributed by atoms with Crippen LogP contribution in [0.15, 0.2) is 24.3 Å². The van der Waals surface area contributed by atoms with Crippen LogP contribution in [0.3, 0.4) is 0 Å². The maximum atomic E-state index is 11.5. The highest BCUT2D eigenvalue weighted by Gasteiger charge is 2.17. The Labute approximate surface area is 95.1 Å². The molecule has 6 heteroatoms. The molecule has 1 rings (SSSR count). The topological polar surface area (TPSA) is 87.2 Å². The molecule has 2 N–H and O–H groups in total. The number of rotatable bonds is 4. The van der Waals surface area contributed by atoms with Crippen molar-refractivity contribution >= 4 is 15.7 Å². The molecule has 0 unspecified atom stereocenters. The van der Waals surface area contributed by atoms with Crippen LogP contribution in [0.25, 0.3) is 0 Å². The minimum Gasteiger partial charge on any atom is -0.399 e. The smallest absolute Gasteiger partial charge is 0.227 e. The van der Waals surface area contributed by atoms with Crippen LogP contribution in [-0.4, -0.2) is 25.5 Å². The van der Waals surface area contributed by atoms with Gasteiger partial charge in [-0.3, -0.25) is 0 Å². The van der Waals surface area contributed by atoms with E-state index in [4.69, 9.17) is 11.0 Å². The van der Waals surface area contributed by atoms with Crippen LogP contribution in [0.4, 0.5) is 5.69 Å². The summed E-state index contributed by atoms with van der Waals surface area (Å²) >= 11 is 0. The quantitative estimate of drug-likeness (QED) is 0.777. The summed E-state index contributed by atoms with van der Waals surface area (Å²) in [7, 11) is -2.03. The second-order valence-corrected chi connectivity index (χ2v) is 5.49. The molecule has 0 aliphatic heterocycles. The van der Waals surface area contributed by atoms with Gasteiger partial charge in [-0.25, -0.2) is 8.42 Å². The summed E-state index contributed by atoms with van der Waals surface area (Å²) in [4.78, 5) is 0. The van der Waals surface area contributed by atoms with Crippen LogP contribution in [0.5, 0.6) is 0 Å². The van der Waals surface area contributed by atoms with Gasteiger partial charge >= 0.3 is 0 Å². The molecule has 0 heterocycles. The van der Waals surface area contributed by atoms with Crippen LogP contribution >= 0.6 is 0 Å². The number of hydrogen-bond acceptors (Lipinski definition) is 4. The predicted octanol–water partition coefficient (Wildman–Crippen LogP) is 0.554. The van der Waals surface area contributed by atoms with Crippen LogP contribution < -0.4 is 5.73 Å². The molecular formula is C10H13N3O2S. The molecule has 86 valence electrons. The molecule has 0 amide bonds. The fourth-order valence-corrected chi connectivity index (χ4v) is 1.90. The highest BCUT2D eigenvalue weighted by Crippen LogP contribution is 2.10. The van der Waals surface area contributed by atoms with Crippen LogP contribution in [-0.2, 0) is 16.6 Å². The summed E-state index contributed by atoms with van der Waals surface area (Å²) in [5, 5.41) is 8.38. The number of nitrogens with two attached hydrogens (primary N) is 1. The summed E-state index contributed by atoms with van der Waals surface area (Å²) in [5.41, 5.74) is 6.98. The maximum absolute atomic E-state index is 11.5. The molecule has 0 aliphatic rings. The van der Waals surface area contributed by atoms with E-state index in [-0.39, 0.29) is 6.54 Å². The molecule has 16 heavy (non-hydrogen) atoms. The number of nitrogens with zero attached hydrogens (tertiary/aromatic N) is 2. The zero-order valence-electron chi connectivity index (χ0n) is 8.92. The van der Waals surface area contributed by atoms with Crippen LogP contribution in [0.2, 0.25) is 0 Å². The molecule has 0 fully saturated rings. The van der Waals surface area contributed by atoms with Crippen molar-refractivity contribution in [3.63, 3.8) is 0 Å². The van der Waals surface area contributed by atoms with E-state index in [2.05, 4.69) is 0 Å². The van der Waals surface area contributed by atoms with Crippen molar-refractivity contribution in [3.8, 4) is 6.07 Å². The first kappa shape index (κ1) is 12.5. The second-order valence-electron chi connectivity index (χ2n) is 3.41. The lowest BCUT2D eigenvalue weighted by Crippen LogP contribution is -2.28. The Morgan fingerprint density at radius 2 is 1.94 bits per heavy atom. The van der Waals surface area contributed by atoms with Gasteiger partial charge in [-0.1, -0.05) is 12.1 Å². The van der Waals surface area contributed by atoms with Gasteiger partial charge in [0, 0.05) is 19.3 Å². The Morgan fingerprint density at radius 3 is 2.44 bits per heavy atom. The highest BCUT2D eigenvalue weighted by atomic mass is 32.2. The average molecular weight is 239 g/mol. The fourth-order valence-electron chi connectivity index (χ4n) is 1.17. The Kier molecular flexibility index (Phi) is 3.88. The van der Waals surface area contributed by atoms with Crippen molar-refractivity contribution in [2.75, 3.05) is 18.5 Å². The van der Waals surface area contributed by atoms with E-state index in [1.54, 1.807) is 30.3 Å². The molecule has 0 aliphatic carbocycles. The standard InChI is InChI=1S/C10H13N3O2S/c1-13(16(14,15)7-6-11)8-9-2-4-10(12)5-3-9/h2-5H,7-8,12H2,1H3. The van der Waals surface area contributed by atoms with Crippen LogP contribution in [0, 0.1) is 11.3 Å². The van der Waals surface area contributed by atoms with Gasteiger partial charge in [0.1, 0.15) is 0 Å². The Bertz CT molecular complexity index is 488. The van der Waals surface area contributed by atoms with Gasteiger partial charge in [-0.05, 0) is 17.7 Å².